The van der Waals surface area contributed by atoms with E-state index in [4.69, 9.17) is 0 Å². The summed E-state index contributed by atoms with van der Waals surface area (Å²) in [5, 5.41) is 16.1. The Labute approximate surface area is 204 Å². The Morgan fingerprint density at radius 2 is 1.94 bits per heavy atom. The van der Waals surface area contributed by atoms with Crippen molar-refractivity contribution in [2.75, 3.05) is 12.3 Å². The molecule has 0 heterocycles. The lowest BCUT2D eigenvalue weighted by Crippen LogP contribution is -2.56. The number of hydrogen-bond acceptors (Lipinski definition) is 5. The second-order valence-corrected chi connectivity index (χ2v) is 12.8. The average molecular weight is 503 g/mol. The first kappa shape index (κ1) is 25.8. The zero-order valence-corrected chi connectivity index (χ0v) is 20.9. The van der Waals surface area contributed by atoms with Crippen molar-refractivity contribution in [3.63, 3.8) is 0 Å². The second kappa shape index (κ2) is 9.66. The van der Waals surface area contributed by atoms with Crippen molar-refractivity contribution in [2.24, 2.45) is 39.7 Å². The van der Waals surface area contributed by atoms with Crippen molar-refractivity contribution in [3.8, 4) is 0 Å². The monoisotopic (exact) mass is 502 g/mol. The highest BCUT2D eigenvalue weighted by Crippen LogP contribution is 2.65. The summed E-state index contributed by atoms with van der Waals surface area (Å²) in [7, 11) is 0. The molecule has 0 bridgehead atoms. The van der Waals surface area contributed by atoms with E-state index in [9.17, 15) is 28.0 Å². The first-order valence-electron chi connectivity index (χ1n) is 12.7. The van der Waals surface area contributed by atoms with E-state index in [0.29, 0.717) is 41.6 Å². The zero-order valence-electron chi connectivity index (χ0n) is 20.1. The van der Waals surface area contributed by atoms with Crippen LogP contribution in [0, 0.1) is 34.5 Å². The lowest BCUT2D eigenvalue weighted by atomic mass is 9.45. The summed E-state index contributed by atoms with van der Waals surface area (Å²) in [4.78, 5) is 23.5. The van der Waals surface area contributed by atoms with Crippen LogP contribution in [0.25, 0.3) is 0 Å². The molecule has 2 N–H and O–H groups in total. The lowest BCUT2D eigenvalue weighted by molar-refractivity contribution is -0.173. The molecule has 1 amide bonds. The van der Waals surface area contributed by atoms with E-state index < -0.39 is 12.1 Å². The molecule has 0 saturated heterocycles. The summed E-state index contributed by atoms with van der Waals surface area (Å²) in [5.41, 5.74) is 0.806. The van der Waals surface area contributed by atoms with Gasteiger partial charge in [-0.3, -0.25) is 9.59 Å². The molecule has 0 aromatic heterocycles. The third-order valence-electron chi connectivity index (χ3n) is 9.74. The Hall–Kier alpha value is -1.25. The highest BCUT2D eigenvalue weighted by atomic mass is 32.2. The Morgan fingerprint density at radius 1 is 1.18 bits per heavy atom. The van der Waals surface area contributed by atoms with Gasteiger partial charge in [0, 0.05) is 29.5 Å². The fourth-order valence-electron chi connectivity index (χ4n) is 7.84. The van der Waals surface area contributed by atoms with Gasteiger partial charge in [-0.15, -0.1) is 0 Å². The van der Waals surface area contributed by atoms with Gasteiger partial charge in [0.25, 0.3) is 0 Å². The van der Waals surface area contributed by atoms with Gasteiger partial charge in [-0.25, -0.2) is 0 Å². The molecule has 4 fully saturated rings. The topological polar surface area (TPSA) is 78.8 Å². The standard InChI is InChI=1S/C25H37F3N2O3S/c1-23-9-7-15(34-12-4-3-11-29-22(32)25(26,27)28)13-19(23)20(30-33)14-16-17-5-6-21(31)24(17,2)10-8-18(16)23/h15-19,33H,3-14H2,1-2H3,(H,29,32)/t15-,16+,17+,18+,19?,23-,24+/m1/s1. The van der Waals surface area contributed by atoms with E-state index in [0.717, 1.165) is 62.8 Å². The van der Waals surface area contributed by atoms with E-state index in [1.807, 2.05) is 17.1 Å². The van der Waals surface area contributed by atoms with Gasteiger partial charge in [0.2, 0.25) is 0 Å². The number of carbonyl (C=O) groups is 2. The minimum atomic E-state index is -4.82. The molecule has 4 aliphatic carbocycles. The predicted molar refractivity (Wildman–Crippen MR) is 126 cm³/mol. The number of rotatable bonds is 6. The number of nitrogens with zero attached hydrogens (tertiary/aromatic N) is 1. The van der Waals surface area contributed by atoms with Crippen molar-refractivity contribution in [3.05, 3.63) is 0 Å². The molecule has 0 radical (unpaired) electrons. The molecule has 4 aliphatic rings. The van der Waals surface area contributed by atoms with Gasteiger partial charge in [0.05, 0.1) is 5.71 Å². The molecule has 4 saturated carbocycles. The van der Waals surface area contributed by atoms with Crippen LogP contribution in [0.15, 0.2) is 5.16 Å². The largest absolute Gasteiger partial charge is 0.471 e. The number of nitrogens with one attached hydrogen (secondary N) is 1. The molecular weight excluding hydrogens is 465 g/mol. The van der Waals surface area contributed by atoms with Gasteiger partial charge in [-0.05, 0) is 86.7 Å². The predicted octanol–water partition coefficient (Wildman–Crippen LogP) is 5.60. The first-order valence-corrected chi connectivity index (χ1v) is 13.8. The highest BCUT2D eigenvalue weighted by Gasteiger charge is 2.61. The van der Waals surface area contributed by atoms with E-state index in [1.54, 1.807) is 0 Å². The van der Waals surface area contributed by atoms with Crippen LogP contribution in [-0.4, -0.2) is 46.3 Å². The molecule has 1 unspecified atom stereocenters. The fourth-order valence-corrected chi connectivity index (χ4v) is 9.16. The molecule has 0 aromatic rings. The highest BCUT2D eigenvalue weighted by molar-refractivity contribution is 7.99. The number of halogens is 3. The Kier molecular flexibility index (Phi) is 7.34. The summed E-state index contributed by atoms with van der Waals surface area (Å²) >= 11 is 1.86. The quantitative estimate of drug-likeness (QED) is 0.282. The van der Waals surface area contributed by atoms with Crippen LogP contribution in [0.3, 0.4) is 0 Å². The number of amides is 1. The smallest absolute Gasteiger partial charge is 0.411 e. The van der Waals surface area contributed by atoms with Crippen LogP contribution in [-0.2, 0) is 9.59 Å². The lowest BCUT2D eigenvalue weighted by Gasteiger charge is -2.60. The molecule has 34 heavy (non-hydrogen) atoms. The Morgan fingerprint density at radius 3 is 2.65 bits per heavy atom. The number of unbranched alkanes of at least 4 members (excludes halogenated alkanes) is 1. The van der Waals surface area contributed by atoms with Crippen LogP contribution in [0.5, 0.6) is 0 Å². The minimum absolute atomic E-state index is 0.0389. The van der Waals surface area contributed by atoms with Gasteiger partial charge in [0.1, 0.15) is 5.78 Å². The van der Waals surface area contributed by atoms with Crippen molar-refractivity contribution >= 4 is 29.2 Å². The fraction of sp³-hybridized carbons (Fsp3) is 0.880. The van der Waals surface area contributed by atoms with Crippen molar-refractivity contribution in [1.29, 1.82) is 0 Å². The molecule has 4 rings (SSSR count). The number of fused-ring (bicyclic) bond motifs is 5. The molecule has 5 nitrogen and oxygen atoms in total. The molecule has 192 valence electrons. The van der Waals surface area contributed by atoms with Gasteiger partial charge in [0.15, 0.2) is 0 Å². The molecule has 9 heteroatoms. The number of carbonyl (C=O) groups excluding carboxylic acids is 2. The van der Waals surface area contributed by atoms with Crippen molar-refractivity contribution in [1.82, 2.24) is 5.32 Å². The van der Waals surface area contributed by atoms with Crippen LogP contribution < -0.4 is 5.32 Å². The van der Waals surface area contributed by atoms with E-state index in [-0.39, 0.29) is 23.3 Å². The third kappa shape index (κ3) is 4.62. The van der Waals surface area contributed by atoms with Crippen LogP contribution >= 0.6 is 11.8 Å². The van der Waals surface area contributed by atoms with Crippen molar-refractivity contribution < 1.29 is 28.0 Å². The third-order valence-corrected chi connectivity index (χ3v) is 11.2. The van der Waals surface area contributed by atoms with Crippen LogP contribution in [0.4, 0.5) is 13.2 Å². The Balaban J connectivity index is 1.31. The Bertz CT molecular complexity index is 835. The number of ketones is 1. The molecule has 7 atom stereocenters. The summed E-state index contributed by atoms with van der Waals surface area (Å²) in [6.45, 7) is 4.58. The van der Waals surface area contributed by atoms with Gasteiger partial charge in [-0.2, -0.15) is 24.9 Å². The molecule has 0 aliphatic heterocycles. The summed E-state index contributed by atoms with van der Waals surface area (Å²) in [6, 6.07) is 0. The van der Waals surface area contributed by atoms with E-state index >= 15 is 0 Å². The van der Waals surface area contributed by atoms with Crippen molar-refractivity contribution in [2.45, 2.75) is 89.5 Å². The number of alkyl halides is 3. The van der Waals surface area contributed by atoms with Crippen LogP contribution in [0.1, 0.15) is 78.1 Å². The zero-order chi connectivity index (χ0) is 24.7. The SMILES string of the molecule is C[C@]12CC[C@@H](SCCCCNC(=O)C(F)(F)F)CC1C(=NO)C[C@@H]1[C@@H]2CC[C@]2(C)C(=O)CC[C@@H]12. The summed E-state index contributed by atoms with van der Waals surface area (Å²) in [5.74, 6) is 1.03. The maximum absolute atomic E-state index is 12.7. The average Bonchev–Trinajstić information content (AvgIpc) is 3.09. The van der Waals surface area contributed by atoms with Gasteiger partial charge in [-0.1, -0.05) is 19.0 Å². The number of oxime groups is 1. The number of thioether (sulfide) groups is 1. The van der Waals surface area contributed by atoms with E-state index in [1.165, 1.54) is 0 Å². The van der Waals surface area contributed by atoms with Gasteiger partial charge < -0.3 is 10.5 Å². The minimum Gasteiger partial charge on any atom is -0.411 e. The molecule has 0 aromatic carbocycles. The van der Waals surface area contributed by atoms with E-state index in [2.05, 4.69) is 19.0 Å². The van der Waals surface area contributed by atoms with Crippen LogP contribution in [0.2, 0.25) is 0 Å². The second-order valence-electron chi connectivity index (χ2n) is 11.4. The summed E-state index contributed by atoms with van der Waals surface area (Å²) < 4.78 is 36.7. The first-order chi connectivity index (χ1) is 16.0. The number of Topliss-reactive ketones (excluding diaryl/α,β-unsaturated/α-hetero) is 1. The normalized spacial score (nSPS) is 41.0. The molecule has 0 spiro atoms. The number of hydrogen-bond donors (Lipinski definition) is 2. The maximum atomic E-state index is 12.7. The summed E-state index contributed by atoms with van der Waals surface area (Å²) in [6.07, 6.45) is 4.10. The van der Waals surface area contributed by atoms with Gasteiger partial charge >= 0.3 is 12.1 Å². The maximum Gasteiger partial charge on any atom is 0.471 e. The molecular formula is C25H37F3N2O3S.